The van der Waals surface area contributed by atoms with Crippen molar-refractivity contribution in [3.8, 4) is 0 Å². The molecule has 0 aromatic carbocycles. The minimum atomic E-state index is -3.48. The van der Waals surface area contributed by atoms with Gasteiger partial charge in [0, 0.05) is 32.0 Å². The van der Waals surface area contributed by atoms with Crippen molar-refractivity contribution in [2.75, 3.05) is 13.1 Å². The predicted octanol–water partition coefficient (Wildman–Crippen LogP) is 0.0693. The van der Waals surface area contributed by atoms with Crippen molar-refractivity contribution in [2.24, 2.45) is 7.05 Å². The molecule has 0 radical (unpaired) electrons. The Balaban J connectivity index is 1.89. The van der Waals surface area contributed by atoms with E-state index in [2.05, 4.69) is 0 Å². The lowest BCUT2D eigenvalue weighted by molar-refractivity contribution is -0.0114. The molecule has 106 valence electrons. The molecule has 1 N–H and O–H groups in total. The van der Waals surface area contributed by atoms with E-state index in [9.17, 15) is 8.42 Å². The second-order valence-electron chi connectivity index (χ2n) is 5.22. The standard InChI is InChI=1S/C12H18N2O4S/c1-13-7-12(4-9(13)8-15)19(16,17)14-5-10-2-3-11(6-14)18-10/h4,7,10-11,15H,2-3,5-6,8H2,1H3. The number of hydrogen-bond donors (Lipinski definition) is 1. The van der Waals surface area contributed by atoms with Crippen molar-refractivity contribution in [3.63, 3.8) is 0 Å². The fourth-order valence-electron chi connectivity index (χ4n) is 2.80. The lowest BCUT2D eigenvalue weighted by Crippen LogP contribution is -2.45. The van der Waals surface area contributed by atoms with Crippen LogP contribution >= 0.6 is 0 Å². The summed E-state index contributed by atoms with van der Waals surface area (Å²) in [6.07, 6.45) is 3.50. The fraction of sp³-hybridized carbons (Fsp3) is 0.667. The van der Waals surface area contributed by atoms with Crippen molar-refractivity contribution >= 4 is 10.0 Å². The number of hydrogen-bond acceptors (Lipinski definition) is 4. The van der Waals surface area contributed by atoms with Gasteiger partial charge in [-0.2, -0.15) is 4.31 Å². The molecule has 1 aromatic heterocycles. The molecule has 0 saturated carbocycles. The maximum absolute atomic E-state index is 12.6. The molecule has 1 aromatic rings. The summed E-state index contributed by atoms with van der Waals surface area (Å²) in [4.78, 5) is 0.250. The highest BCUT2D eigenvalue weighted by atomic mass is 32.2. The van der Waals surface area contributed by atoms with E-state index in [-0.39, 0.29) is 23.7 Å². The molecular weight excluding hydrogens is 268 g/mol. The van der Waals surface area contributed by atoms with E-state index in [0.717, 1.165) is 12.8 Å². The zero-order chi connectivity index (χ0) is 13.6. The van der Waals surface area contributed by atoms with Gasteiger partial charge in [-0.05, 0) is 18.9 Å². The molecular formula is C12H18N2O4S. The van der Waals surface area contributed by atoms with Gasteiger partial charge in [-0.15, -0.1) is 0 Å². The van der Waals surface area contributed by atoms with Crippen LogP contribution in [-0.4, -0.2) is 47.7 Å². The number of aliphatic hydroxyl groups excluding tert-OH is 1. The molecule has 19 heavy (non-hydrogen) atoms. The molecule has 6 nitrogen and oxygen atoms in total. The highest BCUT2D eigenvalue weighted by Gasteiger charge is 2.39. The first-order valence-corrected chi connectivity index (χ1v) is 7.86. The van der Waals surface area contributed by atoms with Gasteiger partial charge in [-0.1, -0.05) is 0 Å². The maximum Gasteiger partial charge on any atom is 0.244 e. The lowest BCUT2D eigenvalue weighted by atomic mass is 10.2. The molecule has 2 saturated heterocycles. The molecule has 2 aliphatic heterocycles. The largest absolute Gasteiger partial charge is 0.390 e. The molecule has 2 aliphatic rings. The minimum Gasteiger partial charge on any atom is -0.390 e. The highest BCUT2D eigenvalue weighted by molar-refractivity contribution is 7.89. The van der Waals surface area contributed by atoms with Crippen molar-refractivity contribution < 1.29 is 18.3 Å². The van der Waals surface area contributed by atoms with Crippen LogP contribution in [-0.2, 0) is 28.4 Å². The van der Waals surface area contributed by atoms with Crippen LogP contribution in [0.15, 0.2) is 17.2 Å². The quantitative estimate of drug-likeness (QED) is 0.853. The zero-order valence-electron chi connectivity index (χ0n) is 10.8. The highest BCUT2D eigenvalue weighted by Crippen LogP contribution is 2.30. The summed E-state index contributed by atoms with van der Waals surface area (Å²) in [5, 5.41) is 9.15. The molecule has 0 spiro atoms. The van der Waals surface area contributed by atoms with E-state index in [0.29, 0.717) is 18.8 Å². The smallest absolute Gasteiger partial charge is 0.244 e. The van der Waals surface area contributed by atoms with E-state index in [4.69, 9.17) is 9.84 Å². The fourth-order valence-corrected chi connectivity index (χ4v) is 4.40. The van der Waals surface area contributed by atoms with Gasteiger partial charge in [0.05, 0.1) is 18.8 Å². The Morgan fingerprint density at radius 1 is 1.37 bits per heavy atom. The summed E-state index contributed by atoms with van der Waals surface area (Å²) >= 11 is 0. The summed E-state index contributed by atoms with van der Waals surface area (Å²) in [5.41, 5.74) is 0.592. The molecule has 2 atom stereocenters. The van der Waals surface area contributed by atoms with Gasteiger partial charge in [0.25, 0.3) is 0 Å². The van der Waals surface area contributed by atoms with Gasteiger partial charge < -0.3 is 14.4 Å². The van der Waals surface area contributed by atoms with E-state index < -0.39 is 10.0 Å². The number of fused-ring (bicyclic) bond motifs is 2. The summed E-state index contributed by atoms with van der Waals surface area (Å²) < 4.78 is 33.9. The van der Waals surface area contributed by atoms with E-state index in [1.54, 1.807) is 17.8 Å². The van der Waals surface area contributed by atoms with E-state index >= 15 is 0 Å². The minimum absolute atomic E-state index is 0.0366. The first kappa shape index (κ1) is 13.1. The summed E-state index contributed by atoms with van der Waals surface area (Å²) in [6.45, 7) is 0.699. The Labute approximate surface area is 112 Å². The van der Waals surface area contributed by atoms with Crippen LogP contribution in [0.25, 0.3) is 0 Å². The molecule has 2 fully saturated rings. The molecule has 2 unspecified atom stereocenters. The summed E-state index contributed by atoms with van der Waals surface area (Å²) in [7, 11) is -1.75. The Morgan fingerprint density at radius 2 is 2.00 bits per heavy atom. The second kappa shape index (κ2) is 4.59. The number of aromatic nitrogens is 1. The van der Waals surface area contributed by atoms with Crippen LogP contribution in [0, 0.1) is 0 Å². The van der Waals surface area contributed by atoms with Gasteiger partial charge in [0.1, 0.15) is 4.90 Å². The van der Waals surface area contributed by atoms with Crippen LogP contribution in [0.2, 0.25) is 0 Å². The second-order valence-corrected chi connectivity index (χ2v) is 7.15. The van der Waals surface area contributed by atoms with Crippen LogP contribution in [0.4, 0.5) is 0 Å². The summed E-state index contributed by atoms with van der Waals surface area (Å²) in [5.74, 6) is 0. The third-order valence-corrected chi connectivity index (χ3v) is 5.69. The average Bonchev–Trinajstić information content (AvgIpc) is 2.92. The molecule has 3 heterocycles. The van der Waals surface area contributed by atoms with Crippen molar-refractivity contribution in [1.29, 1.82) is 0 Å². The normalized spacial score (nSPS) is 27.9. The van der Waals surface area contributed by atoms with Crippen LogP contribution in [0.1, 0.15) is 18.5 Å². The van der Waals surface area contributed by atoms with Gasteiger partial charge in [-0.25, -0.2) is 8.42 Å². The molecule has 2 bridgehead atoms. The SMILES string of the molecule is Cn1cc(S(=O)(=O)N2CC3CCC(C2)O3)cc1CO. The number of sulfonamides is 1. The molecule has 7 heteroatoms. The molecule has 3 rings (SSSR count). The van der Waals surface area contributed by atoms with Gasteiger partial charge in [0.2, 0.25) is 10.0 Å². The monoisotopic (exact) mass is 286 g/mol. The maximum atomic E-state index is 12.6. The average molecular weight is 286 g/mol. The number of aryl methyl sites for hydroxylation is 1. The van der Waals surface area contributed by atoms with Crippen molar-refractivity contribution in [2.45, 2.75) is 36.6 Å². The van der Waals surface area contributed by atoms with Crippen LogP contribution in [0.5, 0.6) is 0 Å². The number of ether oxygens (including phenoxy) is 1. The van der Waals surface area contributed by atoms with E-state index in [1.165, 1.54) is 10.4 Å². The Bertz CT molecular complexity index is 569. The first-order chi connectivity index (χ1) is 9.00. The Hall–Kier alpha value is -0.890. The number of nitrogens with zero attached hydrogens (tertiary/aromatic N) is 2. The number of aliphatic hydroxyl groups is 1. The van der Waals surface area contributed by atoms with E-state index in [1.807, 2.05) is 0 Å². The molecule has 0 amide bonds. The molecule has 0 aliphatic carbocycles. The Morgan fingerprint density at radius 3 is 2.53 bits per heavy atom. The lowest BCUT2D eigenvalue weighted by Gasteiger charge is -2.30. The van der Waals surface area contributed by atoms with Crippen LogP contribution < -0.4 is 0 Å². The third-order valence-electron chi connectivity index (χ3n) is 3.89. The van der Waals surface area contributed by atoms with Crippen LogP contribution in [0.3, 0.4) is 0 Å². The van der Waals surface area contributed by atoms with Gasteiger partial charge in [-0.3, -0.25) is 0 Å². The first-order valence-electron chi connectivity index (χ1n) is 6.42. The van der Waals surface area contributed by atoms with Crippen molar-refractivity contribution in [3.05, 3.63) is 18.0 Å². The topological polar surface area (TPSA) is 71.8 Å². The third kappa shape index (κ3) is 2.20. The zero-order valence-corrected chi connectivity index (χ0v) is 11.6. The Kier molecular flexibility index (Phi) is 3.17. The van der Waals surface area contributed by atoms with Crippen molar-refractivity contribution in [1.82, 2.24) is 8.87 Å². The van der Waals surface area contributed by atoms with Gasteiger partial charge in [0.15, 0.2) is 0 Å². The number of morpholine rings is 1. The number of rotatable bonds is 3. The predicted molar refractivity (Wildman–Crippen MR) is 68.0 cm³/mol. The van der Waals surface area contributed by atoms with Gasteiger partial charge >= 0.3 is 0 Å². The summed E-state index contributed by atoms with van der Waals surface area (Å²) in [6, 6.07) is 1.53.